The number of hydrogen-bond acceptors (Lipinski definition) is 8. The minimum atomic E-state index is -0.695. The first kappa shape index (κ1) is 29.3. The molecule has 0 spiro atoms. The van der Waals surface area contributed by atoms with Gasteiger partial charge in [0, 0.05) is 26.1 Å². The van der Waals surface area contributed by atoms with Crippen LogP contribution < -0.4 is 33.2 Å². The lowest BCUT2D eigenvalue weighted by Crippen LogP contribution is -2.41. The predicted molar refractivity (Wildman–Crippen MR) is 154 cm³/mol. The zero-order valence-electron chi connectivity index (χ0n) is 21.6. The number of nitrogen functional groups attached to an aromatic ring is 2. The quantitative estimate of drug-likeness (QED) is 0.101. The highest BCUT2D eigenvalue weighted by Gasteiger charge is 2.17. The van der Waals surface area contributed by atoms with Crippen LogP contribution in [-0.4, -0.2) is 47.4 Å². The summed E-state index contributed by atoms with van der Waals surface area (Å²) < 4.78 is 0. The molecule has 0 bridgehead atoms. The number of rotatable bonds is 12. The number of carbonyl (C=O) groups excluding carboxylic acids is 2. The molecular weight excluding hydrogens is 518 g/mol. The Morgan fingerprint density at radius 1 is 0.821 bits per heavy atom. The third-order valence-corrected chi connectivity index (χ3v) is 6.18. The first-order valence-electron chi connectivity index (χ1n) is 12.6. The van der Waals surface area contributed by atoms with Gasteiger partial charge in [-0.1, -0.05) is 60.1 Å². The zero-order chi connectivity index (χ0) is 28.2. The number of aromatic nitrogens is 2. The van der Waals surface area contributed by atoms with Gasteiger partial charge >= 0.3 is 0 Å². The lowest BCUT2D eigenvalue weighted by atomic mass is 9.99. The number of nitrogens with two attached hydrogens (primary N) is 3. The molecule has 0 aliphatic rings. The summed E-state index contributed by atoms with van der Waals surface area (Å²) in [6.45, 7) is 1.46. The second kappa shape index (κ2) is 14.6. The average molecular weight is 552 g/mol. The Hall–Kier alpha value is -4.22. The lowest BCUT2D eigenvalue weighted by Gasteiger charge is -2.10. The number of nitrogens with zero attached hydrogens (tertiary/aromatic N) is 2. The number of aryl methyl sites for hydroxylation is 2. The van der Waals surface area contributed by atoms with E-state index >= 15 is 0 Å². The maximum Gasteiger partial charge on any atom is 0.280 e. The van der Waals surface area contributed by atoms with Crippen LogP contribution in [0.1, 0.15) is 40.9 Å². The van der Waals surface area contributed by atoms with E-state index in [2.05, 4.69) is 74.4 Å². The largest absolute Gasteiger partial charge is 0.382 e. The molecule has 39 heavy (non-hydrogen) atoms. The molecule has 1 heterocycles. The lowest BCUT2D eigenvalue weighted by molar-refractivity contribution is -0.121. The van der Waals surface area contributed by atoms with Gasteiger partial charge in [0.15, 0.2) is 28.4 Å². The second-order valence-electron chi connectivity index (χ2n) is 8.88. The number of carbonyl (C=O) groups is 2. The van der Waals surface area contributed by atoms with Crippen molar-refractivity contribution < 1.29 is 9.59 Å². The molecule has 0 saturated heterocycles. The second-order valence-corrected chi connectivity index (χ2v) is 9.24. The summed E-state index contributed by atoms with van der Waals surface area (Å²) in [5.74, 6) is -1.08. The van der Waals surface area contributed by atoms with Gasteiger partial charge in [-0.2, -0.15) is 0 Å². The summed E-state index contributed by atoms with van der Waals surface area (Å²) in [4.78, 5) is 31.6. The van der Waals surface area contributed by atoms with Gasteiger partial charge in [0.25, 0.3) is 5.91 Å². The molecule has 0 radical (unpaired) electrons. The van der Waals surface area contributed by atoms with Gasteiger partial charge in [-0.05, 0) is 47.9 Å². The Balaban J connectivity index is 1.36. The summed E-state index contributed by atoms with van der Waals surface area (Å²) in [6, 6.07) is 16.7. The van der Waals surface area contributed by atoms with Crippen LogP contribution in [-0.2, 0) is 17.6 Å². The number of amides is 2. The van der Waals surface area contributed by atoms with Gasteiger partial charge in [0.1, 0.15) is 0 Å². The molecule has 0 aliphatic heterocycles. The molecule has 10 N–H and O–H groups in total. The highest BCUT2D eigenvalue weighted by molar-refractivity contribution is 6.31. The van der Waals surface area contributed by atoms with Crippen molar-refractivity contribution in [3.8, 4) is 11.1 Å². The summed E-state index contributed by atoms with van der Waals surface area (Å²) in [5, 5.41) is 15.8. The number of nitrogens with one attached hydrogen (secondary N) is 4. The first-order valence-corrected chi connectivity index (χ1v) is 13.0. The van der Waals surface area contributed by atoms with Crippen molar-refractivity contribution in [2.75, 3.05) is 31.1 Å². The molecular formula is C27H34ClN9O2. The van der Waals surface area contributed by atoms with Crippen molar-refractivity contribution in [1.82, 2.24) is 25.9 Å². The van der Waals surface area contributed by atoms with Crippen molar-refractivity contribution >= 4 is 41.0 Å². The van der Waals surface area contributed by atoms with E-state index in [9.17, 15) is 9.59 Å². The Morgan fingerprint density at radius 3 is 2.05 bits per heavy atom. The highest BCUT2D eigenvalue weighted by Crippen LogP contribution is 2.21. The molecule has 2 amide bonds. The predicted octanol–water partition coefficient (Wildman–Crippen LogP) is 2.25. The van der Waals surface area contributed by atoms with Crippen LogP contribution in [0.5, 0.6) is 0 Å². The topological polar surface area (TPSA) is 198 Å². The Morgan fingerprint density at radius 2 is 1.44 bits per heavy atom. The molecule has 1 aromatic heterocycles. The van der Waals surface area contributed by atoms with Gasteiger partial charge in [0.05, 0.1) is 0 Å². The van der Waals surface area contributed by atoms with Crippen molar-refractivity contribution in [2.45, 2.75) is 32.1 Å². The van der Waals surface area contributed by atoms with Crippen LogP contribution in [0.15, 0.2) is 48.5 Å². The molecule has 206 valence electrons. The van der Waals surface area contributed by atoms with Crippen LogP contribution >= 0.6 is 11.6 Å². The fourth-order valence-electron chi connectivity index (χ4n) is 3.78. The Labute approximate surface area is 232 Å². The minimum Gasteiger partial charge on any atom is -0.382 e. The van der Waals surface area contributed by atoms with E-state index in [-0.39, 0.29) is 34.3 Å². The van der Waals surface area contributed by atoms with Gasteiger partial charge in [-0.25, -0.2) is 9.97 Å². The molecule has 0 fully saturated rings. The molecule has 12 heteroatoms. The number of guanidine groups is 1. The van der Waals surface area contributed by atoms with E-state index in [1.165, 1.54) is 5.56 Å². The minimum absolute atomic E-state index is 0.0157. The maximum absolute atomic E-state index is 12.3. The zero-order valence-corrected chi connectivity index (χ0v) is 22.4. The molecule has 0 atom stereocenters. The van der Waals surface area contributed by atoms with Crippen LogP contribution in [0.2, 0.25) is 5.15 Å². The summed E-state index contributed by atoms with van der Waals surface area (Å²) >= 11 is 5.79. The molecule has 11 nitrogen and oxygen atoms in total. The van der Waals surface area contributed by atoms with Gasteiger partial charge < -0.3 is 27.8 Å². The van der Waals surface area contributed by atoms with E-state index < -0.39 is 5.91 Å². The summed E-state index contributed by atoms with van der Waals surface area (Å²) in [6.07, 6.45) is 3.75. The Bertz CT molecular complexity index is 1280. The highest BCUT2D eigenvalue weighted by atomic mass is 35.5. The van der Waals surface area contributed by atoms with Crippen LogP contribution in [0.4, 0.5) is 11.6 Å². The Kier molecular flexibility index (Phi) is 11.0. The SMILES string of the molecule is N=C(NCCCCc1ccc(-c2ccc(CCC(=O)NCCN)cc2)cc1)NC(=O)c1nc(Cl)c(N)nc1N. The fourth-order valence-corrected chi connectivity index (χ4v) is 3.91. The average Bonchev–Trinajstić information content (AvgIpc) is 2.93. The standard InChI is InChI=1S/C27H34ClN9O2/c28-23-25(31)36-24(30)22(35-23)26(39)37-27(32)34-15-2-1-3-17-4-9-19(10-5-17)20-11-6-18(7-12-20)8-13-21(38)33-16-14-29/h4-7,9-12H,1-3,8,13-16,29H2,(H,33,38)(H4,30,31,36)(H3,32,34,37,39). The summed E-state index contributed by atoms with van der Waals surface area (Å²) in [7, 11) is 0. The number of benzene rings is 2. The fraction of sp³-hybridized carbons (Fsp3) is 0.296. The van der Waals surface area contributed by atoms with E-state index in [1.807, 2.05) is 0 Å². The molecule has 3 rings (SSSR count). The van der Waals surface area contributed by atoms with Crippen molar-refractivity contribution in [3.05, 3.63) is 70.5 Å². The van der Waals surface area contributed by atoms with Crippen LogP contribution in [0.25, 0.3) is 11.1 Å². The number of anilines is 2. The van der Waals surface area contributed by atoms with Crippen LogP contribution in [0.3, 0.4) is 0 Å². The van der Waals surface area contributed by atoms with Crippen LogP contribution in [0, 0.1) is 5.41 Å². The number of unbranched alkanes of at least 4 members (excludes halogenated alkanes) is 1. The maximum atomic E-state index is 12.3. The van der Waals surface area contributed by atoms with Crippen molar-refractivity contribution in [3.63, 3.8) is 0 Å². The van der Waals surface area contributed by atoms with Gasteiger partial charge in [-0.3, -0.25) is 20.3 Å². The molecule has 0 saturated carbocycles. The third kappa shape index (κ3) is 9.24. The van der Waals surface area contributed by atoms with E-state index in [0.717, 1.165) is 36.0 Å². The van der Waals surface area contributed by atoms with Crippen molar-refractivity contribution in [1.29, 1.82) is 5.41 Å². The van der Waals surface area contributed by atoms with Crippen molar-refractivity contribution in [2.24, 2.45) is 5.73 Å². The molecule has 0 aliphatic carbocycles. The first-order chi connectivity index (χ1) is 18.8. The molecule has 0 unspecified atom stereocenters. The third-order valence-electron chi connectivity index (χ3n) is 5.90. The normalized spacial score (nSPS) is 10.6. The summed E-state index contributed by atoms with van der Waals surface area (Å²) in [5.41, 5.74) is 21.0. The van der Waals surface area contributed by atoms with E-state index in [0.29, 0.717) is 32.5 Å². The van der Waals surface area contributed by atoms with E-state index in [1.54, 1.807) is 0 Å². The molecule has 3 aromatic rings. The van der Waals surface area contributed by atoms with Gasteiger partial charge in [-0.15, -0.1) is 0 Å². The number of halogens is 1. The van der Waals surface area contributed by atoms with Gasteiger partial charge in [0.2, 0.25) is 5.91 Å². The monoisotopic (exact) mass is 551 g/mol. The smallest absolute Gasteiger partial charge is 0.280 e. The number of hydrogen-bond donors (Lipinski definition) is 7. The van der Waals surface area contributed by atoms with E-state index in [4.69, 9.17) is 34.2 Å². The molecule has 2 aromatic carbocycles.